The van der Waals surface area contributed by atoms with E-state index in [9.17, 15) is 9.90 Å². The van der Waals surface area contributed by atoms with Crippen LogP contribution in [0.15, 0.2) is 30.3 Å². The van der Waals surface area contributed by atoms with Crippen molar-refractivity contribution >= 4 is 5.91 Å². The first-order valence-electron chi connectivity index (χ1n) is 11.5. The number of benzene rings is 1. The minimum atomic E-state index is -0.286. The third-order valence-corrected chi connectivity index (χ3v) is 7.75. The number of carbonyl (C=O) groups excluding carboxylic acids is 1. The van der Waals surface area contributed by atoms with Crippen molar-refractivity contribution in [2.24, 2.45) is 5.92 Å². The number of carbonyl (C=O) groups is 1. The van der Waals surface area contributed by atoms with E-state index in [1.165, 1.54) is 12.0 Å². The fourth-order valence-electron chi connectivity index (χ4n) is 5.37. The molecule has 4 rings (SSSR count). The SMILES string of the molecule is CN1CCN([C@H]2CC[C@](CNC(=O)C3CCC3)(c3ccccc3)CC[C@@H]2O)CC1. The van der Waals surface area contributed by atoms with Gasteiger partial charge in [-0.3, -0.25) is 9.69 Å². The highest BCUT2D eigenvalue weighted by Gasteiger charge is 2.40. The highest BCUT2D eigenvalue weighted by atomic mass is 16.3. The molecule has 0 spiro atoms. The average Bonchev–Trinajstić information content (AvgIpc) is 2.87. The Morgan fingerprint density at radius 2 is 1.76 bits per heavy atom. The molecule has 160 valence electrons. The Hall–Kier alpha value is -1.43. The van der Waals surface area contributed by atoms with Gasteiger partial charge >= 0.3 is 0 Å². The molecule has 5 nitrogen and oxygen atoms in total. The van der Waals surface area contributed by atoms with E-state index < -0.39 is 0 Å². The van der Waals surface area contributed by atoms with Gasteiger partial charge < -0.3 is 15.3 Å². The summed E-state index contributed by atoms with van der Waals surface area (Å²) in [6, 6.07) is 10.9. The summed E-state index contributed by atoms with van der Waals surface area (Å²) in [5.74, 6) is 0.448. The molecule has 1 aromatic rings. The molecule has 5 heteroatoms. The fourth-order valence-corrected chi connectivity index (χ4v) is 5.37. The maximum Gasteiger partial charge on any atom is 0.223 e. The van der Waals surface area contributed by atoms with E-state index >= 15 is 0 Å². The molecule has 2 N–H and O–H groups in total. The van der Waals surface area contributed by atoms with Gasteiger partial charge in [0.25, 0.3) is 0 Å². The molecule has 0 bridgehead atoms. The zero-order valence-electron chi connectivity index (χ0n) is 17.9. The van der Waals surface area contributed by atoms with Gasteiger partial charge in [-0.2, -0.15) is 0 Å². The van der Waals surface area contributed by atoms with Gasteiger partial charge in [0.2, 0.25) is 5.91 Å². The number of rotatable bonds is 5. The highest BCUT2D eigenvalue weighted by molar-refractivity contribution is 5.79. The Balaban J connectivity index is 1.49. The quantitative estimate of drug-likeness (QED) is 0.747. The van der Waals surface area contributed by atoms with Gasteiger partial charge in [0.05, 0.1) is 6.10 Å². The molecular weight excluding hydrogens is 362 g/mol. The maximum absolute atomic E-state index is 12.6. The third kappa shape index (κ3) is 4.68. The number of piperazine rings is 1. The summed E-state index contributed by atoms with van der Waals surface area (Å²) in [5.41, 5.74) is 1.23. The van der Waals surface area contributed by atoms with E-state index in [2.05, 4.69) is 52.5 Å². The van der Waals surface area contributed by atoms with Gasteiger partial charge in [0.1, 0.15) is 0 Å². The summed E-state index contributed by atoms with van der Waals surface area (Å²) in [6.45, 7) is 4.91. The summed E-state index contributed by atoms with van der Waals surface area (Å²) >= 11 is 0. The summed E-state index contributed by atoms with van der Waals surface area (Å²) in [4.78, 5) is 17.4. The predicted octanol–water partition coefficient (Wildman–Crippen LogP) is 2.39. The van der Waals surface area contributed by atoms with E-state index in [0.29, 0.717) is 6.54 Å². The molecule has 0 unspecified atom stereocenters. The molecule has 0 radical (unpaired) electrons. The van der Waals surface area contributed by atoms with E-state index in [1.54, 1.807) is 0 Å². The number of amides is 1. The van der Waals surface area contributed by atoms with Crippen molar-refractivity contribution in [3.8, 4) is 0 Å². The lowest BCUT2D eigenvalue weighted by Crippen LogP contribution is -2.52. The Morgan fingerprint density at radius 3 is 2.41 bits per heavy atom. The first-order chi connectivity index (χ1) is 14.1. The summed E-state index contributed by atoms with van der Waals surface area (Å²) < 4.78 is 0. The number of nitrogens with one attached hydrogen (secondary N) is 1. The van der Waals surface area contributed by atoms with Crippen LogP contribution in [0, 0.1) is 5.92 Å². The monoisotopic (exact) mass is 399 g/mol. The lowest BCUT2D eigenvalue weighted by molar-refractivity contribution is -0.127. The Bertz CT molecular complexity index is 670. The largest absolute Gasteiger partial charge is 0.391 e. The van der Waals surface area contributed by atoms with Crippen LogP contribution in [0.5, 0.6) is 0 Å². The minimum Gasteiger partial charge on any atom is -0.391 e. The summed E-state index contributed by atoms with van der Waals surface area (Å²) in [7, 11) is 2.17. The van der Waals surface area contributed by atoms with Crippen molar-refractivity contribution in [1.82, 2.24) is 15.1 Å². The zero-order valence-corrected chi connectivity index (χ0v) is 17.9. The summed E-state index contributed by atoms with van der Waals surface area (Å²) in [5, 5.41) is 14.3. The second kappa shape index (κ2) is 9.15. The molecule has 2 saturated carbocycles. The number of nitrogens with zero attached hydrogens (tertiary/aromatic N) is 2. The first-order valence-corrected chi connectivity index (χ1v) is 11.5. The van der Waals surface area contributed by atoms with E-state index in [0.717, 1.165) is 64.7 Å². The van der Waals surface area contributed by atoms with Crippen molar-refractivity contribution in [3.05, 3.63) is 35.9 Å². The van der Waals surface area contributed by atoms with Crippen molar-refractivity contribution < 1.29 is 9.90 Å². The van der Waals surface area contributed by atoms with Crippen molar-refractivity contribution in [1.29, 1.82) is 0 Å². The molecule has 1 saturated heterocycles. The van der Waals surface area contributed by atoms with Gasteiger partial charge in [0, 0.05) is 50.1 Å². The highest BCUT2D eigenvalue weighted by Crippen LogP contribution is 2.39. The number of aliphatic hydroxyl groups excluding tert-OH is 1. The lowest BCUT2D eigenvalue weighted by atomic mass is 9.73. The molecule has 2 aliphatic carbocycles. The van der Waals surface area contributed by atoms with Crippen molar-refractivity contribution in [3.63, 3.8) is 0 Å². The average molecular weight is 400 g/mol. The summed E-state index contributed by atoms with van der Waals surface area (Å²) in [6.07, 6.45) is 6.68. The van der Waals surface area contributed by atoms with Gasteiger partial charge in [-0.25, -0.2) is 0 Å². The smallest absolute Gasteiger partial charge is 0.223 e. The van der Waals surface area contributed by atoms with Crippen LogP contribution in [0.25, 0.3) is 0 Å². The second-order valence-corrected chi connectivity index (χ2v) is 9.54. The van der Waals surface area contributed by atoms with E-state index in [1.807, 2.05) is 0 Å². The maximum atomic E-state index is 12.6. The van der Waals surface area contributed by atoms with Crippen LogP contribution in [-0.4, -0.2) is 72.7 Å². The number of hydrogen-bond donors (Lipinski definition) is 2. The topological polar surface area (TPSA) is 55.8 Å². The molecule has 1 aliphatic heterocycles. The molecule has 3 atom stereocenters. The van der Waals surface area contributed by atoms with Gasteiger partial charge in [0.15, 0.2) is 0 Å². The third-order valence-electron chi connectivity index (χ3n) is 7.75. The van der Waals surface area contributed by atoms with Gasteiger partial charge in [-0.1, -0.05) is 36.8 Å². The van der Waals surface area contributed by atoms with Gasteiger partial charge in [-0.15, -0.1) is 0 Å². The normalized spacial score (nSPS) is 32.3. The lowest BCUT2D eigenvalue weighted by Gasteiger charge is -2.39. The molecule has 3 fully saturated rings. The van der Waals surface area contributed by atoms with Crippen molar-refractivity contribution in [2.45, 2.75) is 62.5 Å². The Kier molecular flexibility index (Phi) is 6.57. The molecule has 1 heterocycles. The zero-order chi connectivity index (χ0) is 20.3. The van der Waals surface area contributed by atoms with Crippen LogP contribution < -0.4 is 5.32 Å². The molecule has 1 amide bonds. The van der Waals surface area contributed by atoms with Crippen LogP contribution >= 0.6 is 0 Å². The van der Waals surface area contributed by atoms with E-state index in [-0.39, 0.29) is 29.4 Å². The molecular formula is C24H37N3O2. The molecule has 3 aliphatic rings. The van der Waals surface area contributed by atoms with Crippen molar-refractivity contribution in [2.75, 3.05) is 39.8 Å². The number of hydrogen-bond acceptors (Lipinski definition) is 4. The second-order valence-electron chi connectivity index (χ2n) is 9.54. The Morgan fingerprint density at radius 1 is 1.07 bits per heavy atom. The Labute approximate surface area is 175 Å². The first kappa shape index (κ1) is 20.8. The minimum absolute atomic E-state index is 0.0804. The fraction of sp³-hybridized carbons (Fsp3) is 0.708. The van der Waals surface area contributed by atoms with Gasteiger partial charge in [-0.05, 0) is 51.1 Å². The van der Waals surface area contributed by atoms with Crippen LogP contribution in [0.1, 0.15) is 50.5 Å². The number of likely N-dealkylation sites (N-methyl/N-ethyl adjacent to an activating group) is 1. The van der Waals surface area contributed by atoms with Crippen LogP contribution in [0.2, 0.25) is 0 Å². The van der Waals surface area contributed by atoms with Crippen LogP contribution in [0.4, 0.5) is 0 Å². The van der Waals surface area contributed by atoms with Crippen LogP contribution in [-0.2, 0) is 10.2 Å². The molecule has 29 heavy (non-hydrogen) atoms. The van der Waals surface area contributed by atoms with E-state index in [4.69, 9.17) is 0 Å². The molecule has 0 aromatic heterocycles. The molecule has 1 aromatic carbocycles. The van der Waals surface area contributed by atoms with Crippen LogP contribution in [0.3, 0.4) is 0 Å². The standard InChI is InChI=1S/C24H37N3O2/c1-26-14-16-27(17-15-26)21-10-12-24(13-11-22(21)28,20-8-3-2-4-9-20)18-25-23(29)19-6-5-7-19/h2-4,8-9,19,21-22,28H,5-7,10-18H2,1H3,(H,25,29)/t21-,22-,24-/m0/s1. The number of aliphatic hydroxyl groups is 1. The predicted molar refractivity (Wildman–Crippen MR) is 116 cm³/mol.